The minimum absolute atomic E-state index is 0. The molecule has 10 rings (SSSR count). The van der Waals surface area contributed by atoms with Crippen molar-refractivity contribution in [3.05, 3.63) is 150 Å². The van der Waals surface area contributed by atoms with E-state index in [-0.39, 0.29) is 42.5 Å². The second kappa shape index (κ2) is 11.7. The molecule has 6 aromatic carbocycles. The molecule has 10 aromatic rings. The molecule has 0 bridgehead atoms. The topological polar surface area (TPSA) is 43.3 Å². The molecule has 0 unspecified atom stereocenters. The average molecular weight is 805 g/mol. The van der Waals surface area contributed by atoms with Gasteiger partial charge in [0.2, 0.25) is 0 Å². The van der Waals surface area contributed by atoms with Gasteiger partial charge in [0.25, 0.3) is 0 Å². The number of aromatic nitrogens is 3. The molecule has 0 N–H and O–H groups in total. The van der Waals surface area contributed by atoms with Gasteiger partial charge in [-0.2, -0.15) is 0 Å². The quantitative estimate of drug-likeness (QED) is 0.123. The van der Waals surface area contributed by atoms with Gasteiger partial charge < -0.3 is 13.8 Å². The van der Waals surface area contributed by atoms with Crippen LogP contribution in [0.25, 0.3) is 82.3 Å². The Bertz CT molecular complexity index is 3160. The van der Waals surface area contributed by atoms with E-state index in [9.17, 15) is 0 Å². The van der Waals surface area contributed by atoms with Gasteiger partial charge in [0.15, 0.2) is 0 Å². The predicted octanol–water partition coefficient (Wildman–Crippen LogP) is 11.1. The van der Waals surface area contributed by atoms with E-state index in [4.69, 9.17) is 21.7 Å². The molecule has 48 heavy (non-hydrogen) atoms. The van der Waals surface area contributed by atoms with E-state index in [1.807, 2.05) is 12.1 Å². The molecule has 1 radical (unpaired) electrons. The third-order valence-electron chi connectivity index (χ3n) is 8.65. The molecule has 0 amide bonds. The van der Waals surface area contributed by atoms with Crippen LogP contribution in [0.1, 0.15) is 29.0 Å². The summed E-state index contributed by atoms with van der Waals surface area (Å²) in [6.07, 6.45) is 1.02. The molecule has 4 aromatic heterocycles. The van der Waals surface area contributed by atoms with Crippen LogP contribution >= 0.6 is 0 Å². The Labute approximate surface area is 303 Å². The number of hydrogen-bond acceptors (Lipinski definition) is 3. The predicted molar refractivity (Wildman–Crippen MR) is 194 cm³/mol. The average Bonchev–Trinajstić information content (AvgIpc) is 3.76. The van der Waals surface area contributed by atoms with E-state index in [0.29, 0.717) is 5.56 Å². The van der Waals surface area contributed by atoms with Gasteiger partial charge in [-0.1, -0.05) is 89.9 Å². The molecular formula is C43H29IrN3O-2. The molecule has 0 saturated heterocycles. The van der Waals surface area contributed by atoms with Crippen LogP contribution < -0.4 is 0 Å². The maximum Gasteiger partial charge on any atom is 0.121 e. The molecule has 0 aliphatic carbocycles. The van der Waals surface area contributed by atoms with E-state index in [2.05, 4.69) is 100 Å². The SMILES string of the molecule is [2H]C([2H])([2H])c1c[c-]c(-c2cc(C([2H])([2H])[2H])c(C([2H])([2H])[2H])cn2)cc1.[Ir].[c-]1cc2oc3ccc4ccccc4c3c2c2c1c1nc3ccccc3n1c1ccccc21. The number of nitrogens with zero attached hydrogens (tertiary/aromatic N) is 3. The Balaban J connectivity index is 0.000000165. The van der Waals surface area contributed by atoms with Gasteiger partial charge in [-0.3, -0.25) is 4.98 Å². The first-order valence-electron chi connectivity index (χ1n) is 19.6. The minimum Gasteiger partial charge on any atom is -0.500 e. The van der Waals surface area contributed by atoms with Crippen molar-refractivity contribution in [3.8, 4) is 11.3 Å². The van der Waals surface area contributed by atoms with Gasteiger partial charge in [0, 0.05) is 49.5 Å². The number of hydrogen-bond donors (Lipinski definition) is 0. The Hall–Kier alpha value is -5.35. The Morgan fingerprint density at radius 1 is 0.688 bits per heavy atom. The fraction of sp³-hybridized carbons (Fsp3) is 0.0698. The molecule has 0 spiro atoms. The molecule has 4 heterocycles. The third kappa shape index (κ3) is 4.70. The van der Waals surface area contributed by atoms with Crippen molar-refractivity contribution in [1.29, 1.82) is 0 Å². The summed E-state index contributed by atoms with van der Waals surface area (Å²) in [5, 5.41) is 8.04. The summed E-state index contributed by atoms with van der Waals surface area (Å²) < 4.78 is 75.5. The van der Waals surface area contributed by atoms with Gasteiger partial charge in [-0.05, 0) is 70.8 Å². The first-order valence-corrected chi connectivity index (χ1v) is 15.1. The van der Waals surface area contributed by atoms with Crippen molar-refractivity contribution >= 4 is 71.1 Å². The van der Waals surface area contributed by atoms with Crippen LogP contribution in [0.4, 0.5) is 0 Å². The Morgan fingerprint density at radius 3 is 2.33 bits per heavy atom. The van der Waals surface area contributed by atoms with Gasteiger partial charge in [-0.15, -0.1) is 47.5 Å². The number of aryl methyl sites for hydroxylation is 3. The maximum atomic E-state index is 7.54. The van der Waals surface area contributed by atoms with Gasteiger partial charge in [0.05, 0.1) is 22.3 Å². The van der Waals surface area contributed by atoms with Crippen LogP contribution in [0.5, 0.6) is 0 Å². The summed E-state index contributed by atoms with van der Waals surface area (Å²) >= 11 is 0. The summed E-state index contributed by atoms with van der Waals surface area (Å²) in [7, 11) is 0. The smallest absolute Gasteiger partial charge is 0.121 e. The fourth-order valence-electron chi connectivity index (χ4n) is 6.52. The zero-order chi connectivity index (χ0) is 39.1. The fourth-order valence-corrected chi connectivity index (χ4v) is 6.52. The van der Waals surface area contributed by atoms with E-state index < -0.39 is 20.6 Å². The molecule has 0 aliphatic heterocycles. The number of para-hydroxylation sites is 3. The van der Waals surface area contributed by atoms with E-state index >= 15 is 0 Å². The molecule has 0 fully saturated rings. The van der Waals surface area contributed by atoms with Crippen LogP contribution in [0.3, 0.4) is 0 Å². The summed E-state index contributed by atoms with van der Waals surface area (Å²) in [5.74, 6) is 0. The maximum absolute atomic E-state index is 7.54. The van der Waals surface area contributed by atoms with Gasteiger partial charge in [0.1, 0.15) is 5.58 Å². The van der Waals surface area contributed by atoms with Crippen molar-refractivity contribution in [2.75, 3.05) is 0 Å². The largest absolute Gasteiger partial charge is 0.500 e. The second-order valence-corrected chi connectivity index (χ2v) is 11.4. The molecular weight excluding hydrogens is 767 g/mol. The van der Waals surface area contributed by atoms with Crippen LogP contribution in [0.15, 0.2) is 126 Å². The summed E-state index contributed by atoms with van der Waals surface area (Å²) in [4.78, 5) is 9.03. The molecule has 0 saturated carbocycles. The molecule has 233 valence electrons. The van der Waals surface area contributed by atoms with E-state index in [1.165, 1.54) is 40.4 Å². The van der Waals surface area contributed by atoms with Crippen molar-refractivity contribution < 1.29 is 36.9 Å². The summed E-state index contributed by atoms with van der Waals surface area (Å²) in [6, 6.07) is 43.2. The number of fused-ring (bicyclic) bond motifs is 14. The van der Waals surface area contributed by atoms with E-state index in [1.54, 1.807) is 0 Å². The number of furan rings is 1. The zero-order valence-corrected chi connectivity index (χ0v) is 27.5. The van der Waals surface area contributed by atoms with Crippen LogP contribution in [0, 0.1) is 32.7 Å². The normalized spacial score (nSPS) is 15.0. The van der Waals surface area contributed by atoms with Crippen LogP contribution in [0.2, 0.25) is 0 Å². The van der Waals surface area contributed by atoms with Crippen molar-refractivity contribution in [2.45, 2.75) is 20.6 Å². The molecule has 4 nitrogen and oxygen atoms in total. The molecule has 5 heteroatoms. The Kier molecular flexibility index (Phi) is 5.25. The van der Waals surface area contributed by atoms with Gasteiger partial charge >= 0.3 is 0 Å². The first kappa shape index (κ1) is 21.5. The summed E-state index contributed by atoms with van der Waals surface area (Å²) in [5.41, 5.74) is 5.98. The minimum atomic E-state index is -2.61. The number of rotatable bonds is 1. The monoisotopic (exact) mass is 805 g/mol. The third-order valence-corrected chi connectivity index (χ3v) is 8.65. The molecule has 0 atom stereocenters. The zero-order valence-electron chi connectivity index (χ0n) is 34.1. The standard InChI is InChI=1S/C29H15N2O.C14H14N.Ir/c1-2-8-18-17(7-1)13-15-24-27(18)28-25(32-24)16-14-20-26(28)19-9-3-5-11-22(19)31-23-12-6-4-10-21(23)30-29(20)31;1-10-4-6-13(7-5-10)14-8-11(2)12(3)9-15-14;/h1-13,15-16H;4-6,8-9H,1-3H3;/q2*-1;/i;1D3,2D3,3D3;. The Morgan fingerprint density at radius 2 is 1.50 bits per heavy atom. The number of benzene rings is 6. The summed E-state index contributed by atoms with van der Waals surface area (Å²) in [6.45, 7) is -7.47. The van der Waals surface area contributed by atoms with Crippen molar-refractivity contribution in [2.24, 2.45) is 0 Å². The van der Waals surface area contributed by atoms with Crippen molar-refractivity contribution in [1.82, 2.24) is 14.4 Å². The molecule has 0 aliphatic rings. The van der Waals surface area contributed by atoms with Crippen LogP contribution in [-0.4, -0.2) is 14.4 Å². The number of pyridine rings is 2. The van der Waals surface area contributed by atoms with Crippen LogP contribution in [-0.2, 0) is 20.1 Å². The van der Waals surface area contributed by atoms with Gasteiger partial charge in [-0.25, -0.2) is 0 Å². The van der Waals surface area contributed by atoms with Crippen molar-refractivity contribution in [3.63, 3.8) is 0 Å². The van der Waals surface area contributed by atoms with E-state index in [0.717, 1.165) is 61.1 Å². The second-order valence-electron chi connectivity index (χ2n) is 11.4. The first-order chi connectivity index (χ1) is 26.7. The number of imidazole rings is 1.